The fourth-order valence-electron chi connectivity index (χ4n) is 2.85. The second-order valence-corrected chi connectivity index (χ2v) is 6.77. The zero-order valence-corrected chi connectivity index (χ0v) is 15.0. The van der Waals surface area contributed by atoms with Crippen LogP contribution in [0.2, 0.25) is 0 Å². The molecule has 3 rings (SSSR count). The van der Waals surface area contributed by atoms with E-state index < -0.39 is 17.5 Å². The molecule has 0 fully saturated rings. The maximum Gasteiger partial charge on any atom is 0.434 e. The first-order valence-electron chi connectivity index (χ1n) is 8.40. The predicted octanol–water partition coefficient (Wildman–Crippen LogP) is 2.78. The normalized spacial score (nSPS) is 19.9. The molecule has 1 aliphatic rings. The minimum Gasteiger partial charge on any atom is -0.398 e. The van der Waals surface area contributed by atoms with Crippen LogP contribution in [0, 0.1) is 0 Å². The fraction of sp³-hybridized carbons (Fsp3) is 0.333. The first-order valence-corrected chi connectivity index (χ1v) is 8.40. The van der Waals surface area contributed by atoms with Crippen LogP contribution in [0.5, 0.6) is 0 Å². The number of halogens is 3. The van der Waals surface area contributed by atoms with E-state index in [0.717, 1.165) is 11.8 Å². The van der Waals surface area contributed by atoms with E-state index in [-0.39, 0.29) is 11.9 Å². The molecule has 0 aliphatic carbocycles. The lowest BCUT2D eigenvalue weighted by molar-refractivity contribution is -0.140. The number of nitrogens with zero attached hydrogens (tertiary/aromatic N) is 3. The van der Waals surface area contributed by atoms with E-state index in [1.54, 1.807) is 30.5 Å². The molecule has 0 bridgehead atoms. The molecule has 5 N–H and O–H groups in total. The number of nitrogens with two attached hydrogens (primary N) is 2. The van der Waals surface area contributed by atoms with Gasteiger partial charge in [-0.3, -0.25) is 0 Å². The van der Waals surface area contributed by atoms with Crippen molar-refractivity contribution >= 4 is 6.34 Å². The number of nitrogens with one attached hydrogen (secondary N) is 1. The summed E-state index contributed by atoms with van der Waals surface area (Å²) in [5, 5.41) is 2.78. The molecule has 2 aromatic rings. The molecule has 27 heavy (non-hydrogen) atoms. The highest BCUT2D eigenvalue weighted by Crippen LogP contribution is 2.32. The van der Waals surface area contributed by atoms with Crippen LogP contribution >= 0.6 is 0 Å². The van der Waals surface area contributed by atoms with Gasteiger partial charge in [0.1, 0.15) is 5.82 Å². The minimum absolute atomic E-state index is 0.162. The lowest BCUT2D eigenvalue weighted by atomic mass is 9.96. The number of rotatable bonds is 4. The Kier molecular flexibility index (Phi) is 4.73. The van der Waals surface area contributed by atoms with Gasteiger partial charge in [0.2, 0.25) is 0 Å². The third-order valence-corrected chi connectivity index (χ3v) is 4.37. The van der Waals surface area contributed by atoms with Gasteiger partial charge < -0.3 is 21.4 Å². The van der Waals surface area contributed by atoms with Crippen LogP contribution in [-0.2, 0) is 12.6 Å². The number of benzene rings is 1. The van der Waals surface area contributed by atoms with Crippen LogP contribution < -0.4 is 16.8 Å². The third-order valence-electron chi connectivity index (χ3n) is 4.37. The zero-order valence-electron chi connectivity index (χ0n) is 15.0. The van der Waals surface area contributed by atoms with Gasteiger partial charge in [0.15, 0.2) is 11.4 Å². The molecule has 6 nitrogen and oxygen atoms in total. The first-order chi connectivity index (χ1) is 12.6. The quantitative estimate of drug-likeness (QED) is 0.763. The summed E-state index contributed by atoms with van der Waals surface area (Å²) in [6, 6.07) is 6.88. The zero-order chi connectivity index (χ0) is 19.8. The van der Waals surface area contributed by atoms with Crippen LogP contribution in [-0.4, -0.2) is 21.6 Å². The molecule has 144 valence electrons. The first kappa shape index (κ1) is 19.0. The van der Waals surface area contributed by atoms with Crippen molar-refractivity contribution in [2.75, 3.05) is 0 Å². The maximum absolute atomic E-state index is 13.0. The molecular weight excluding hydrogens is 357 g/mol. The van der Waals surface area contributed by atoms with Gasteiger partial charge in [-0.1, -0.05) is 24.3 Å². The summed E-state index contributed by atoms with van der Waals surface area (Å²) < 4.78 is 40.6. The summed E-state index contributed by atoms with van der Waals surface area (Å²) in [5.74, 6) is 0.269. The van der Waals surface area contributed by atoms with E-state index in [4.69, 9.17) is 11.5 Å². The molecule has 0 amide bonds. The lowest BCUT2D eigenvalue weighted by Gasteiger charge is -2.28. The molecule has 1 aromatic heterocycles. The Balaban J connectivity index is 1.90. The van der Waals surface area contributed by atoms with E-state index in [9.17, 15) is 13.2 Å². The summed E-state index contributed by atoms with van der Waals surface area (Å²) in [6.07, 6.45) is -0.0296. The third kappa shape index (κ3) is 3.82. The van der Waals surface area contributed by atoms with Crippen molar-refractivity contribution in [1.29, 1.82) is 0 Å². The number of imidazole rings is 1. The number of hydrogen-bond acceptors (Lipinski definition) is 5. The van der Waals surface area contributed by atoms with Crippen LogP contribution in [0.25, 0.3) is 11.4 Å². The van der Waals surface area contributed by atoms with Crippen molar-refractivity contribution in [3.05, 3.63) is 53.6 Å². The molecule has 0 radical (unpaired) electrons. The maximum atomic E-state index is 13.0. The Morgan fingerprint density at radius 2 is 1.89 bits per heavy atom. The van der Waals surface area contributed by atoms with Crippen LogP contribution in [0.4, 0.5) is 13.2 Å². The van der Waals surface area contributed by atoms with Crippen LogP contribution in [0.3, 0.4) is 0 Å². The SMILES string of the molecule is CC(C)n1cc(C(F)(F)F)nc1-c1ccc(CC2(N)N=CNC=C2N)cc1. The molecule has 1 unspecified atom stereocenters. The Bertz CT molecular complexity index is 879. The van der Waals surface area contributed by atoms with Gasteiger partial charge in [-0.05, 0) is 19.4 Å². The second kappa shape index (κ2) is 6.73. The minimum atomic E-state index is -4.49. The van der Waals surface area contributed by atoms with Gasteiger partial charge in [-0.25, -0.2) is 9.98 Å². The smallest absolute Gasteiger partial charge is 0.398 e. The number of aliphatic imine (C=N–C) groups is 1. The monoisotopic (exact) mass is 378 g/mol. The standard InChI is InChI=1S/C18H21F3N6/c1-11(2)27-9-15(18(19,20)21)26-16(27)13-5-3-12(4-6-13)7-17(23)14(22)8-24-10-25-17/h3-6,8-11H,7,22-23H2,1-2H3,(H,24,25). The van der Waals surface area contributed by atoms with Gasteiger partial charge in [-0.2, -0.15) is 13.2 Å². The van der Waals surface area contributed by atoms with E-state index in [0.29, 0.717) is 17.7 Å². The lowest BCUT2D eigenvalue weighted by Crippen LogP contribution is -2.48. The largest absolute Gasteiger partial charge is 0.434 e. The Hall–Kier alpha value is -2.81. The molecule has 1 aromatic carbocycles. The van der Waals surface area contributed by atoms with Crippen LogP contribution in [0.1, 0.15) is 31.1 Å². The van der Waals surface area contributed by atoms with E-state index in [1.807, 2.05) is 13.8 Å². The highest BCUT2D eigenvalue weighted by atomic mass is 19.4. The molecule has 1 aliphatic heterocycles. The Morgan fingerprint density at radius 3 is 2.44 bits per heavy atom. The summed E-state index contributed by atoms with van der Waals surface area (Å²) in [4.78, 5) is 7.99. The average Bonchev–Trinajstić information content (AvgIpc) is 3.04. The van der Waals surface area contributed by atoms with Gasteiger partial charge in [0, 0.05) is 30.4 Å². The van der Waals surface area contributed by atoms with Gasteiger partial charge >= 0.3 is 6.18 Å². The van der Waals surface area contributed by atoms with Crippen molar-refractivity contribution in [2.24, 2.45) is 16.5 Å². The topological polar surface area (TPSA) is 94.2 Å². The summed E-state index contributed by atoms with van der Waals surface area (Å²) in [5.41, 5.74) is 12.0. The van der Waals surface area contributed by atoms with Crippen molar-refractivity contribution < 1.29 is 13.2 Å². The summed E-state index contributed by atoms with van der Waals surface area (Å²) >= 11 is 0. The van der Waals surface area contributed by atoms with E-state index in [1.165, 1.54) is 10.9 Å². The van der Waals surface area contributed by atoms with Crippen molar-refractivity contribution in [3.63, 3.8) is 0 Å². The Labute approximate surface area is 154 Å². The molecule has 2 heterocycles. The second-order valence-electron chi connectivity index (χ2n) is 6.77. The Morgan fingerprint density at radius 1 is 1.22 bits per heavy atom. The molecule has 0 spiro atoms. The van der Waals surface area contributed by atoms with E-state index in [2.05, 4.69) is 15.3 Å². The molecule has 1 atom stereocenters. The van der Waals surface area contributed by atoms with Gasteiger partial charge in [0.25, 0.3) is 0 Å². The highest BCUT2D eigenvalue weighted by Gasteiger charge is 2.35. The number of hydrogen-bond donors (Lipinski definition) is 3. The van der Waals surface area contributed by atoms with Gasteiger partial charge in [0.05, 0.1) is 12.0 Å². The highest BCUT2D eigenvalue weighted by molar-refractivity contribution is 5.60. The van der Waals surface area contributed by atoms with Gasteiger partial charge in [-0.15, -0.1) is 0 Å². The molecule has 0 saturated heterocycles. The van der Waals surface area contributed by atoms with Crippen molar-refractivity contribution in [1.82, 2.24) is 14.9 Å². The van der Waals surface area contributed by atoms with E-state index >= 15 is 0 Å². The summed E-state index contributed by atoms with van der Waals surface area (Å²) in [6.45, 7) is 3.62. The van der Waals surface area contributed by atoms with Crippen LogP contribution in [0.15, 0.2) is 47.4 Å². The summed E-state index contributed by atoms with van der Waals surface area (Å²) in [7, 11) is 0. The number of alkyl halides is 3. The predicted molar refractivity (Wildman–Crippen MR) is 97.6 cm³/mol. The molecule has 9 heteroatoms. The molecular formula is C18H21F3N6. The van der Waals surface area contributed by atoms with Crippen molar-refractivity contribution in [2.45, 2.75) is 38.1 Å². The van der Waals surface area contributed by atoms with Crippen molar-refractivity contribution in [3.8, 4) is 11.4 Å². The molecule has 0 saturated carbocycles. The average molecular weight is 378 g/mol. The number of aromatic nitrogens is 2. The fourth-order valence-corrected chi connectivity index (χ4v) is 2.85.